The Labute approximate surface area is 141 Å². The molecule has 3 rings (SSSR count). The summed E-state index contributed by atoms with van der Waals surface area (Å²) in [6.07, 6.45) is 0. The van der Waals surface area contributed by atoms with Crippen LogP contribution in [-0.2, 0) is 4.79 Å². The van der Waals surface area contributed by atoms with Gasteiger partial charge in [-0.25, -0.2) is 13.8 Å². The summed E-state index contributed by atoms with van der Waals surface area (Å²) in [6, 6.07) is 9.21. The summed E-state index contributed by atoms with van der Waals surface area (Å²) in [7, 11) is 0. The number of rotatable bonds is 5. The topological polar surface area (TPSA) is 87.1 Å². The number of carboxylic acids is 1. The second-order valence-electron chi connectivity index (χ2n) is 5.37. The van der Waals surface area contributed by atoms with Crippen molar-refractivity contribution < 1.29 is 18.7 Å². The Morgan fingerprint density at radius 1 is 1.16 bits per heavy atom. The van der Waals surface area contributed by atoms with E-state index in [0.717, 1.165) is 12.1 Å². The molecule has 0 saturated carbocycles. The summed E-state index contributed by atoms with van der Waals surface area (Å²) in [5.41, 5.74) is 0.552. The first-order chi connectivity index (χ1) is 11.9. The summed E-state index contributed by atoms with van der Waals surface area (Å²) in [4.78, 5) is 19.6. The smallest absolute Gasteiger partial charge is 0.325 e. The number of anilines is 3. The van der Waals surface area contributed by atoms with Crippen LogP contribution in [0.25, 0.3) is 10.9 Å². The van der Waals surface area contributed by atoms with E-state index in [9.17, 15) is 13.6 Å². The van der Waals surface area contributed by atoms with Crippen molar-refractivity contribution in [3.63, 3.8) is 0 Å². The number of halogens is 2. The molecule has 0 saturated heterocycles. The van der Waals surface area contributed by atoms with Crippen LogP contribution in [0.4, 0.5) is 26.2 Å². The molecule has 8 heteroatoms. The van der Waals surface area contributed by atoms with Gasteiger partial charge >= 0.3 is 5.97 Å². The molecule has 1 unspecified atom stereocenters. The van der Waals surface area contributed by atoms with E-state index in [1.165, 1.54) is 13.0 Å². The number of nitrogens with zero attached hydrogens (tertiary/aromatic N) is 2. The van der Waals surface area contributed by atoms with Crippen LogP contribution in [0.3, 0.4) is 0 Å². The summed E-state index contributed by atoms with van der Waals surface area (Å²) in [6.45, 7) is 1.48. The molecular formula is C17H14F2N4O2. The fourth-order valence-electron chi connectivity index (χ4n) is 2.22. The first kappa shape index (κ1) is 16.6. The van der Waals surface area contributed by atoms with Gasteiger partial charge in [-0.15, -0.1) is 0 Å². The SMILES string of the molecule is CC(Nc1nc(Nc2ccc(F)cc2F)nc2ccccc12)C(=O)O. The van der Waals surface area contributed by atoms with Gasteiger partial charge in [-0.3, -0.25) is 4.79 Å². The molecule has 1 atom stereocenters. The average molecular weight is 344 g/mol. The minimum absolute atomic E-state index is 0.00825. The average Bonchev–Trinajstić information content (AvgIpc) is 2.57. The van der Waals surface area contributed by atoms with E-state index < -0.39 is 23.6 Å². The lowest BCUT2D eigenvalue weighted by Gasteiger charge is -2.14. The van der Waals surface area contributed by atoms with Crippen LogP contribution >= 0.6 is 0 Å². The number of hydrogen-bond donors (Lipinski definition) is 3. The van der Waals surface area contributed by atoms with Gasteiger partial charge in [-0.1, -0.05) is 12.1 Å². The van der Waals surface area contributed by atoms with E-state index in [1.54, 1.807) is 24.3 Å². The van der Waals surface area contributed by atoms with Gasteiger partial charge in [-0.05, 0) is 31.2 Å². The van der Waals surface area contributed by atoms with E-state index in [-0.39, 0.29) is 11.6 Å². The van der Waals surface area contributed by atoms with E-state index in [4.69, 9.17) is 5.11 Å². The van der Waals surface area contributed by atoms with Crippen LogP contribution in [0.2, 0.25) is 0 Å². The minimum atomic E-state index is -1.04. The zero-order valence-electron chi connectivity index (χ0n) is 13.1. The maximum absolute atomic E-state index is 13.8. The van der Waals surface area contributed by atoms with Crippen molar-refractivity contribution in [2.75, 3.05) is 10.6 Å². The first-order valence-corrected chi connectivity index (χ1v) is 7.42. The maximum atomic E-state index is 13.8. The highest BCUT2D eigenvalue weighted by molar-refractivity contribution is 5.92. The molecule has 0 fully saturated rings. The number of benzene rings is 2. The Balaban J connectivity index is 2.02. The van der Waals surface area contributed by atoms with Crippen molar-refractivity contribution in [1.29, 1.82) is 0 Å². The van der Waals surface area contributed by atoms with E-state index in [0.29, 0.717) is 16.7 Å². The highest BCUT2D eigenvalue weighted by Crippen LogP contribution is 2.25. The molecule has 0 bridgehead atoms. The molecule has 0 spiro atoms. The van der Waals surface area contributed by atoms with Gasteiger partial charge in [0, 0.05) is 11.5 Å². The van der Waals surface area contributed by atoms with Crippen LogP contribution in [0.15, 0.2) is 42.5 Å². The van der Waals surface area contributed by atoms with Crippen LogP contribution in [0.1, 0.15) is 6.92 Å². The minimum Gasteiger partial charge on any atom is -0.480 e. The molecule has 25 heavy (non-hydrogen) atoms. The molecule has 0 aliphatic heterocycles. The third kappa shape index (κ3) is 3.63. The van der Waals surface area contributed by atoms with Gasteiger partial charge in [0.25, 0.3) is 0 Å². The Hall–Kier alpha value is -3.29. The first-order valence-electron chi connectivity index (χ1n) is 7.42. The number of nitrogens with one attached hydrogen (secondary N) is 2. The molecule has 1 heterocycles. The van der Waals surface area contributed by atoms with E-state index in [1.807, 2.05) is 0 Å². The highest BCUT2D eigenvalue weighted by Gasteiger charge is 2.15. The summed E-state index contributed by atoms with van der Waals surface area (Å²) >= 11 is 0. The highest BCUT2D eigenvalue weighted by atomic mass is 19.1. The number of carbonyl (C=O) groups is 1. The zero-order valence-corrected chi connectivity index (χ0v) is 13.1. The lowest BCUT2D eigenvalue weighted by atomic mass is 10.2. The second kappa shape index (κ2) is 6.68. The monoisotopic (exact) mass is 344 g/mol. The third-order valence-corrected chi connectivity index (χ3v) is 3.50. The fraction of sp³-hybridized carbons (Fsp3) is 0.118. The van der Waals surface area contributed by atoms with Gasteiger partial charge < -0.3 is 15.7 Å². The van der Waals surface area contributed by atoms with Crippen LogP contribution in [0.5, 0.6) is 0 Å². The van der Waals surface area contributed by atoms with E-state index >= 15 is 0 Å². The second-order valence-corrected chi connectivity index (χ2v) is 5.37. The Morgan fingerprint density at radius 3 is 2.64 bits per heavy atom. The number of aliphatic carboxylic acids is 1. The standard InChI is InChI=1S/C17H14F2N4O2/c1-9(16(24)25)20-15-11-4-2-3-5-13(11)21-17(23-15)22-14-7-6-10(18)8-12(14)19/h2-9H,1H3,(H,24,25)(H2,20,21,22,23). The largest absolute Gasteiger partial charge is 0.480 e. The Kier molecular flexibility index (Phi) is 4.42. The number of fused-ring (bicyclic) bond motifs is 1. The van der Waals surface area contributed by atoms with Crippen molar-refractivity contribution in [3.8, 4) is 0 Å². The van der Waals surface area contributed by atoms with E-state index in [2.05, 4.69) is 20.6 Å². The van der Waals surface area contributed by atoms with Gasteiger partial charge in [0.05, 0.1) is 11.2 Å². The summed E-state index contributed by atoms with van der Waals surface area (Å²) in [5.74, 6) is -2.16. The number of para-hydroxylation sites is 1. The molecule has 0 radical (unpaired) electrons. The molecule has 0 amide bonds. The van der Waals surface area contributed by atoms with Crippen molar-refractivity contribution in [2.45, 2.75) is 13.0 Å². The summed E-state index contributed by atoms with van der Waals surface area (Å²) in [5, 5.41) is 15.2. The van der Waals surface area contributed by atoms with Gasteiger partial charge in [0.15, 0.2) is 0 Å². The maximum Gasteiger partial charge on any atom is 0.325 e. The molecule has 6 nitrogen and oxygen atoms in total. The lowest BCUT2D eigenvalue weighted by molar-refractivity contribution is -0.137. The number of aromatic nitrogens is 2. The molecule has 0 aliphatic carbocycles. The molecular weight excluding hydrogens is 330 g/mol. The summed E-state index contributed by atoms with van der Waals surface area (Å²) < 4.78 is 26.8. The van der Waals surface area contributed by atoms with Crippen molar-refractivity contribution >= 4 is 34.3 Å². The molecule has 0 aliphatic rings. The Bertz CT molecular complexity index is 949. The predicted octanol–water partition coefficient (Wildman–Crippen LogP) is 3.54. The van der Waals surface area contributed by atoms with Crippen LogP contribution in [0, 0.1) is 11.6 Å². The molecule has 3 aromatic rings. The van der Waals surface area contributed by atoms with Crippen molar-refractivity contribution in [1.82, 2.24) is 9.97 Å². The van der Waals surface area contributed by atoms with Crippen LogP contribution in [-0.4, -0.2) is 27.1 Å². The lowest BCUT2D eigenvalue weighted by Crippen LogP contribution is -2.26. The number of hydrogen-bond acceptors (Lipinski definition) is 5. The van der Waals surface area contributed by atoms with Gasteiger partial charge in [-0.2, -0.15) is 4.98 Å². The quantitative estimate of drug-likeness (QED) is 0.656. The van der Waals surface area contributed by atoms with Crippen LogP contribution < -0.4 is 10.6 Å². The van der Waals surface area contributed by atoms with Gasteiger partial charge in [0.1, 0.15) is 23.5 Å². The normalized spacial score (nSPS) is 12.0. The van der Waals surface area contributed by atoms with Crippen molar-refractivity contribution in [2.24, 2.45) is 0 Å². The molecule has 2 aromatic carbocycles. The Morgan fingerprint density at radius 2 is 1.92 bits per heavy atom. The van der Waals surface area contributed by atoms with Gasteiger partial charge in [0.2, 0.25) is 5.95 Å². The fourth-order valence-corrected chi connectivity index (χ4v) is 2.22. The molecule has 1 aromatic heterocycles. The predicted molar refractivity (Wildman–Crippen MR) is 89.9 cm³/mol. The zero-order chi connectivity index (χ0) is 18.0. The number of carboxylic acid groups (broad SMARTS) is 1. The third-order valence-electron chi connectivity index (χ3n) is 3.50. The molecule has 3 N–H and O–H groups in total. The molecule has 128 valence electrons. The van der Waals surface area contributed by atoms with Crippen molar-refractivity contribution in [3.05, 3.63) is 54.1 Å².